The van der Waals surface area contributed by atoms with Crippen molar-refractivity contribution in [3.05, 3.63) is 92.9 Å². The van der Waals surface area contributed by atoms with Gasteiger partial charge in [0.05, 0.1) is 22.5 Å². The lowest BCUT2D eigenvalue weighted by atomic mass is 10.2. The van der Waals surface area contributed by atoms with Crippen molar-refractivity contribution in [1.82, 2.24) is 5.43 Å². The van der Waals surface area contributed by atoms with E-state index in [2.05, 4.69) is 15.8 Å². The first-order valence-electron chi connectivity index (χ1n) is 8.99. The van der Waals surface area contributed by atoms with Gasteiger partial charge in [0.2, 0.25) is 0 Å². The number of hydrogen-bond donors (Lipinski definition) is 2. The number of ether oxygens (including phenoxy) is 1. The fraction of sp³-hybridized carbons (Fsp3) is 0. The predicted molar refractivity (Wildman–Crippen MR) is 124 cm³/mol. The molecule has 32 heavy (non-hydrogen) atoms. The highest BCUT2D eigenvalue weighted by molar-refractivity contribution is 6.42. The monoisotopic (exact) mass is 489 g/mol. The van der Waals surface area contributed by atoms with E-state index in [4.69, 9.17) is 39.5 Å². The molecule has 0 radical (unpaired) electrons. The van der Waals surface area contributed by atoms with Crippen molar-refractivity contribution in [2.24, 2.45) is 5.10 Å². The van der Waals surface area contributed by atoms with Gasteiger partial charge in [0.15, 0.2) is 0 Å². The van der Waals surface area contributed by atoms with Gasteiger partial charge in [-0.2, -0.15) is 5.10 Å². The number of halogens is 3. The largest absolute Gasteiger partial charge is 0.423 e. The maximum absolute atomic E-state index is 12.2. The average molecular weight is 491 g/mol. The zero-order chi connectivity index (χ0) is 23.1. The summed E-state index contributed by atoms with van der Waals surface area (Å²) >= 11 is 17.6. The Balaban J connectivity index is 1.57. The molecule has 0 aliphatic heterocycles. The zero-order valence-corrected chi connectivity index (χ0v) is 18.4. The van der Waals surface area contributed by atoms with Crippen molar-refractivity contribution in [1.29, 1.82) is 0 Å². The van der Waals surface area contributed by atoms with Gasteiger partial charge in [0.25, 0.3) is 0 Å². The number of amides is 2. The number of anilines is 1. The molecule has 2 N–H and O–H groups in total. The van der Waals surface area contributed by atoms with Crippen LogP contribution in [-0.4, -0.2) is 24.0 Å². The molecule has 0 saturated carbocycles. The van der Waals surface area contributed by atoms with E-state index in [1.807, 2.05) is 0 Å². The van der Waals surface area contributed by atoms with Crippen LogP contribution in [0, 0.1) is 0 Å². The van der Waals surface area contributed by atoms with Gasteiger partial charge >= 0.3 is 17.8 Å². The highest BCUT2D eigenvalue weighted by Crippen LogP contribution is 2.25. The molecule has 2 amide bonds. The molecule has 0 aliphatic rings. The van der Waals surface area contributed by atoms with Crippen molar-refractivity contribution >= 4 is 64.5 Å². The summed E-state index contributed by atoms with van der Waals surface area (Å²) in [5.74, 6) is -2.27. The van der Waals surface area contributed by atoms with Crippen LogP contribution in [0.3, 0.4) is 0 Å². The van der Waals surface area contributed by atoms with E-state index >= 15 is 0 Å². The Morgan fingerprint density at radius 1 is 0.844 bits per heavy atom. The molecule has 0 unspecified atom stereocenters. The molecule has 0 aliphatic carbocycles. The van der Waals surface area contributed by atoms with Crippen LogP contribution in [0.15, 0.2) is 71.8 Å². The Hall–Kier alpha value is -3.39. The molecule has 0 saturated heterocycles. The molecule has 3 aromatic rings. The van der Waals surface area contributed by atoms with Gasteiger partial charge in [0.1, 0.15) is 5.75 Å². The van der Waals surface area contributed by atoms with Crippen molar-refractivity contribution in [2.75, 3.05) is 5.32 Å². The molecule has 0 aromatic heterocycles. The first kappa shape index (κ1) is 23.3. The Morgan fingerprint density at radius 3 is 2.31 bits per heavy atom. The molecule has 0 fully saturated rings. The maximum atomic E-state index is 12.2. The van der Waals surface area contributed by atoms with Crippen molar-refractivity contribution in [3.63, 3.8) is 0 Å². The van der Waals surface area contributed by atoms with Gasteiger partial charge in [-0.3, -0.25) is 9.59 Å². The number of carbonyl (C=O) groups is 3. The summed E-state index contributed by atoms with van der Waals surface area (Å²) in [7, 11) is 0. The highest BCUT2D eigenvalue weighted by atomic mass is 35.5. The van der Waals surface area contributed by atoms with E-state index in [9.17, 15) is 14.4 Å². The lowest BCUT2D eigenvalue weighted by Gasteiger charge is -2.06. The van der Waals surface area contributed by atoms with Gasteiger partial charge in [0, 0.05) is 10.0 Å². The summed E-state index contributed by atoms with van der Waals surface area (Å²) in [4.78, 5) is 36.1. The number of carbonyl (C=O) groups excluding carboxylic acids is 3. The van der Waals surface area contributed by atoms with E-state index in [-0.39, 0.29) is 16.5 Å². The number of benzene rings is 3. The number of rotatable bonds is 5. The third-order valence-electron chi connectivity index (χ3n) is 3.91. The fourth-order valence-electron chi connectivity index (χ4n) is 2.40. The van der Waals surface area contributed by atoms with Crippen molar-refractivity contribution < 1.29 is 19.1 Å². The summed E-state index contributed by atoms with van der Waals surface area (Å²) in [6, 6.07) is 17.1. The van der Waals surface area contributed by atoms with Crippen LogP contribution in [0.1, 0.15) is 15.9 Å². The van der Waals surface area contributed by atoms with Crippen molar-refractivity contribution in [2.45, 2.75) is 0 Å². The normalized spacial score (nSPS) is 10.6. The second kappa shape index (κ2) is 10.8. The van der Waals surface area contributed by atoms with Crippen LogP contribution in [0.5, 0.6) is 5.75 Å². The average Bonchev–Trinajstić information content (AvgIpc) is 2.77. The molecule has 0 bridgehead atoms. The first-order chi connectivity index (χ1) is 15.3. The molecule has 7 nitrogen and oxygen atoms in total. The quantitative estimate of drug-likeness (QED) is 0.174. The zero-order valence-electron chi connectivity index (χ0n) is 16.1. The SMILES string of the molecule is O=C(N/N=C/c1cccc(OC(=O)c2ccc(Cl)cc2)c1)C(=O)Nc1cc(Cl)ccc1Cl. The van der Waals surface area contributed by atoms with Crippen LogP contribution in [0.25, 0.3) is 0 Å². The number of hydrazone groups is 1. The summed E-state index contributed by atoms with van der Waals surface area (Å²) in [6.45, 7) is 0. The van der Waals surface area contributed by atoms with Gasteiger partial charge in [-0.15, -0.1) is 0 Å². The molecular formula is C22H14Cl3N3O4. The summed E-state index contributed by atoms with van der Waals surface area (Å²) in [5, 5.41) is 7.15. The molecule has 10 heteroatoms. The summed E-state index contributed by atoms with van der Waals surface area (Å²) in [5.41, 5.74) is 3.15. The fourth-order valence-corrected chi connectivity index (χ4v) is 2.86. The Kier molecular flexibility index (Phi) is 7.83. The third-order valence-corrected chi connectivity index (χ3v) is 4.73. The van der Waals surface area contributed by atoms with Crippen LogP contribution in [0.2, 0.25) is 15.1 Å². The Labute approximate surface area is 197 Å². The van der Waals surface area contributed by atoms with Crippen LogP contribution in [0.4, 0.5) is 5.69 Å². The Bertz CT molecular complexity index is 1200. The van der Waals surface area contributed by atoms with Crippen molar-refractivity contribution in [3.8, 4) is 5.75 Å². The summed E-state index contributed by atoms with van der Waals surface area (Å²) < 4.78 is 5.32. The van der Waals surface area contributed by atoms with Gasteiger partial charge in [-0.1, -0.05) is 46.9 Å². The molecular weight excluding hydrogens is 477 g/mol. The lowest BCUT2D eigenvalue weighted by molar-refractivity contribution is -0.136. The second-order valence-electron chi connectivity index (χ2n) is 6.25. The maximum Gasteiger partial charge on any atom is 0.343 e. The minimum atomic E-state index is -1.01. The van der Waals surface area contributed by atoms with Crippen LogP contribution in [-0.2, 0) is 9.59 Å². The van der Waals surface area contributed by atoms with Gasteiger partial charge in [-0.25, -0.2) is 10.2 Å². The second-order valence-corrected chi connectivity index (χ2v) is 7.53. The standard InChI is InChI=1S/C22H14Cl3N3O4/c23-15-6-4-14(5-7-15)22(31)32-17-3-1-2-13(10-17)12-26-28-21(30)20(29)27-19-11-16(24)8-9-18(19)25/h1-12H,(H,27,29)(H,28,30)/b26-12+. The predicted octanol–water partition coefficient (Wildman–Crippen LogP) is 4.95. The highest BCUT2D eigenvalue weighted by Gasteiger charge is 2.15. The van der Waals surface area contributed by atoms with E-state index in [0.29, 0.717) is 21.2 Å². The van der Waals surface area contributed by atoms with E-state index in [1.54, 1.807) is 48.5 Å². The third kappa shape index (κ3) is 6.55. The van der Waals surface area contributed by atoms with E-state index in [0.717, 1.165) is 0 Å². The van der Waals surface area contributed by atoms with Gasteiger partial charge in [-0.05, 0) is 60.2 Å². The molecule has 3 aromatic carbocycles. The molecule has 0 spiro atoms. The minimum Gasteiger partial charge on any atom is -0.423 e. The first-order valence-corrected chi connectivity index (χ1v) is 10.1. The Morgan fingerprint density at radius 2 is 1.56 bits per heavy atom. The number of nitrogens with zero attached hydrogens (tertiary/aromatic N) is 1. The summed E-state index contributed by atoms with van der Waals surface area (Å²) in [6.07, 6.45) is 1.29. The topological polar surface area (TPSA) is 96.9 Å². The minimum absolute atomic E-state index is 0.193. The molecule has 0 heterocycles. The number of nitrogens with one attached hydrogen (secondary N) is 2. The molecule has 162 valence electrons. The molecule has 0 atom stereocenters. The van der Waals surface area contributed by atoms with E-state index < -0.39 is 17.8 Å². The van der Waals surface area contributed by atoms with E-state index in [1.165, 1.54) is 24.4 Å². The smallest absolute Gasteiger partial charge is 0.343 e. The number of esters is 1. The van der Waals surface area contributed by atoms with Gasteiger partial charge < -0.3 is 10.1 Å². The van der Waals surface area contributed by atoms with Crippen LogP contribution < -0.4 is 15.5 Å². The number of hydrogen-bond acceptors (Lipinski definition) is 5. The van der Waals surface area contributed by atoms with Crippen LogP contribution >= 0.6 is 34.8 Å². The molecule has 3 rings (SSSR count). The lowest BCUT2D eigenvalue weighted by Crippen LogP contribution is -2.32.